The van der Waals surface area contributed by atoms with Crippen LogP contribution < -0.4 is 4.31 Å². The number of sulfonamides is 1. The van der Waals surface area contributed by atoms with Gasteiger partial charge in [-0.25, -0.2) is 17.5 Å². The molecule has 0 aliphatic heterocycles. The van der Waals surface area contributed by atoms with Gasteiger partial charge in [-0.15, -0.1) is 0 Å². The summed E-state index contributed by atoms with van der Waals surface area (Å²) in [6.07, 6.45) is 10.8. The largest absolute Gasteiger partial charge is 0.462 e. The number of benzene rings is 1. The van der Waals surface area contributed by atoms with Gasteiger partial charge in [0.05, 0.1) is 29.7 Å². The van der Waals surface area contributed by atoms with E-state index < -0.39 is 21.9 Å². The van der Waals surface area contributed by atoms with E-state index in [1.165, 1.54) is 68.6 Å². The number of aromatic nitrogens is 1. The highest BCUT2D eigenvalue weighted by Crippen LogP contribution is 2.26. The van der Waals surface area contributed by atoms with Gasteiger partial charge in [0.15, 0.2) is 0 Å². The molecule has 2 aromatic rings. The van der Waals surface area contributed by atoms with Gasteiger partial charge < -0.3 is 4.74 Å². The Kier molecular flexibility index (Phi) is 8.23. The average Bonchev–Trinajstić information content (AvgIpc) is 2.79. The van der Waals surface area contributed by atoms with Crippen molar-refractivity contribution in [3.05, 3.63) is 59.4 Å². The molecule has 7 nitrogen and oxygen atoms in total. The van der Waals surface area contributed by atoms with Crippen LogP contribution in [0.15, 0.2) is 42.7 Å². The van der Waals surface area contributed by atoms with Gasteiger partial charge in [-0.3, -0.25) is 9.78 Å². The summed E-state index contributed by atoms with van der Waals surface area (Å²) < 4.78 is 30.7. The minimum absolute atomic E-state index is 0.0434. The first-order valence-electron chi connectivity index (χ1n) is 11.1. The molecule has 0 unspecified atom stereocenters. The van der Waals surface area contributed by atoms with E-state index in [0.717, 1.165) is 12.7 Å². The van der Waals surface area contributed by atoms with Crippen molar-refractivity contribution in [1.82, 2.24) is 4.98 Å². The number of hydrogen-bond donors (Lipinski definition) is 0. The second kappa shape index (κ2) is 11.1. The second-order valence-electron chi connectivity index (χ2n) is 8.08. The number of ether oxygens (including phenoxy) is 1. The molecule has 1 amide bonds. The van der Waals surface area contributed by atoms with Gasteiger partial charge in [-0.2, -0.15) is 0 Å². The Labute approximate surface area is 195 Å². The van der Waals surface area contributed by atoms with E-state index >= 15 is 0 Å². The van der Waals surface area contributed by atoms with E-state index in [1.54, 1.807) is 13.1 Å². The fraction of sp³-hybridized carbons (Fsp3) is 0.400. The zero-order valence-corrected chi connectivity index (χ0v) is 19.7. The highest BCUT2D eigenvalue weighted by atomic mass is 32.2. The molecular formula is C25H28N2O5S. The third-order valence-electron chi connectivity index (χ3n) is 5.44. The minimum atomic E-state index is -4.00. The van der Waals surface area contributed by atoms with Gasteiger partial charge >= 0.3 is 5.97 Å². The number of esters is 1. The fourth-order valence-corrected chi connectivity index (χ4v) is 4.77. The Morgan fingerprint density at radius 2 is 1.88 bits per heavy atom. The summed E-state index contributed by atoms with van der Waals surface area (Å²) in [7, 11) is -4.00. The molecule has 1 fully saturated rings. The molecule has 1 aliphatic carbocycles. The molecule has 1 aliphatic rings. The fourth-order valence-electron chi connectivity index (χ4n) is 3.86. The van der Waals surface area contributed by atoms with Crippen LogP contribution in [-0.4, -0.2) is 38.1 Å². The predicted molar refractivity (Wildman–Crippen MR) is 126 cm³/mol. The summed E-state index contributed by atoms with van der Waals surface area (Å²) in [5.41, 5.74) is 0.829. The molecule has 3 rings (SSSR count). The number of rotatable bonds is 6. The first-order chi connectivity index (χ1) is 15.8. The van der Waals surface area contributed by atoms with Crippen molar-refractivity contribution in [1.29, 1.82) is 0 Å². The average molecular weight is 469 g/mol. The summed E-state index contributed by atoms with van der Waals surface area (Å²) in [6, 6.07) is 7.30. The Bertz CT molecular complexity index is 1170. The molecule has 0 radical (unpaired) electrons. The van der Waals surface area contributed by atoms with E-state index in [2.05, 4.69) is 16.8 Å². The van der Waals surface area contributed by atoms with Crippen molar-refractivity contribution >= 4 is 27.6 Å². The molecule has 0 bridgehead atoms. The smallest absolute Gasteiger partial charge is 0.338 e. The van der Waals surface area contributed by atoms with Crippen LogP contribution in [0, 0.1) is 17.8 Å². The van der Waals surface area contributed by atoms with Crippen molar-refractivity contribution < 1.29 is 22.7 Å². The SMILES string of the molecule is CCOC(=O)c1cccc(N(C(=O)c2cncc(C#CCC3CCCCC3)c2)S(C)(=O)=O)c1. The summed E-state index contributed by atoms with van der Waals surface area (Å²) in [6.45, 7) is 1.85. The molecule has 174 valence electrons. The Balaban J connectivity index is 1.86. The van der Waals surface area contributed by atoms with E-state index in [4.69, 9.17) is 4.74 Å². The normalized spacial score (nSPS) is 14.1. The van der Waals surface area contributed by atoms with E-state index in [9.17, 15) is 18.0 Å². The maximum Gasteiger partial charge on any atom is 0.338 e. The van der Waals surface area contributed by atoms with E-state index in [0.29, 0.717) is 15.8 Å². The van der Waals surface area contributed by atoms with Crippen LogP contribution in [0.3, 0.4) is 0 Å². The standard InChI is InChI=1S/C25H28N2O5S/c1-3-32-25(29)21-13-8-14-23(16-21)27(33(2,30)31)24(28)22-15-20(17-26-18-22)12-7-11-19-9-5-4-6-10-19/h8,13-19H,3-6,9-11H2,1-2H3. The Morgan fingerprint density at radius 3 is 2.58 bits per heavy atom. The quantitative estimate of drug-likeness (QED) is 0.466. The van der Waals surface area contributed by atoms with Crippen LogP contribution in [0.4, 0.5) is 5.69 Å². The lowest BCUT2D eigenvalue weighted by Gasteiger charge is -2.21. The molecule has 0 N–H and O–H groups in total. The number of hydrogen-bond acceptors (Lipinski definition) is 6. The van der Waals surface area contributed by atoms with Gasteiger partial charge in [0, 0.05) is 24.4 Å². The molecule has 1 aromatic carbocycles. The van der Waals surface area contributed by atoms with Crippen LogP contribution in [0.5, 0.6) is 0 Å². The first-order valence-corrected chi connectivity index (χ1v) is 12.9. The summed E-state index contributed by atoms with van der Waals surface area (Å²) in [5.74, 6) is 5.46. The van der Waals surface area contributed by atoms with Crippen LogP contribution >= 0.6 is 0 Å². The Hall–Kier alpha value is -3.18. The molecule has 0 saturated heterocycles. The first kappa shape index (κ1) is 24.5. The zero-order valence-electron chi connectivity index (χ0n) is 18.9. The second-order valence-corrected chi connectivity index (χ2v) is 9.91. The molecule has 8 heteroatoms. The highest BCUT2D eigenvalue weighted by Gasteiger charge is 2.28. The van der Waals surface area contributed by atoms with E-state index in [-0.39, 0.29) is 23.4 Å². The number of carbonyl (C=O) groups excluding carboxylic acids is 2. The topological polar surface area (TPSA) is 93.6 Å². The molecule has 0 atom stereocenters. The van der Waals surface area contributed by atoms with Crippen LogP contribution in [0.25, 0.3) is 0 Å². The van der Waals surface area contributed by atoms with Crippen LogP contribution in [0.2, 0.25) is 0 Å². The molecular weight excluding hydrogens is 440 g/mol. The summed E-state index contributed by atoms with van der Waals surface area (Å²) in [4.78, 5) is 29.4. The maximum absolute atomic E-state index is 13.2. The number of carbonyl (C=O) groups is 2. The van der Waals surface area contributed by atoms with Crippen LogP contribution in [0.1, 0.15) is 71.7 Å². The van der Waals surface area contributed by atoms with Gasteiger partial charge in [-0.1, -0.05) is 37.2 Å². The number of amides is 1. The number of nitrogens with zero attached hydrogens (tertiary/aromatic N) is 2. The monoisotopic (exact) mass is 468 g/mol. The summed E-state index contributed by atoms with van der Waals surface area (Å²) >= 11 is 0. The molecule has 33 heavy (non-hydrogen) atoms. The van der Waals surface area contributed by atoms with Gasteiger partial charge in [0.1, 0.15) is 0 Å². The summed E-state index contributed by atoms with van der Waals surface area (Å²) in [5, 5.41) is 0. The van der Waals surface area contributed by atoms with Gasteiger partial charge in [0.2, 0.25) is 10.0 Å². The van der Waals surface area contributed by atoms with Gasteiger partial charge in [0.25, 0.3) is 5.91 Å². The van der Waals surface area contributed by atoms with E-state index in [1.807, 2.05) is 0 Å². The van der Waals surface area contributed by atoms with Crippen molar-refractivity contribution in [2.45, 2.75) is 45.4 Å². The molecule has 1 aromatic heterocycles. The van der Waals surface area contributed by atoms with Crippen LogP contribution in [-0.2, 0) is 14.8 Å². The molecule has 1 heterocycles. The van der Waals surface area contributed by atoms with Gasteiger partial charge in [-0.05, 0) is 49.9 Å². The maximum atomic E-state index is 13.2. The third kappa shape index (κ3) is 6.65. The highest BCUT2D eigenvalue weighted by molar-refractivity contribution is 7.92. The molecule has 1 saturated carbocycles. The van der Waals surface area contributed by atoms with Crippen molar-refractivity contribution in [2.24, 2.45) is 5.92 Å². The predicted octanol–water partition coefficient (Wildman–Crippen LogP) is 4.19. The van der Waals surface area contributed by atoms with Crippen molar-refractivity contribution in [3.8, 4) is 11.8 Å². The molecule has 0 spiro atoms. The van der Waals surface area contributed by atoms with Crippen molar-refractivity contribution in [2.75, 3.05) is 17.2 Å². The van der Waals surface area contributed by atoms with Crippen molar-refractivity contribution in [3.63, 3.8) is 0 Å². The zero-order chi connectivity index (χ0) is 23.8. The minimum Gasteiger partial charge on any atom is -0.462 e. The lowest BCUT2D eigenvalue weighted by molar-refractivity contribution is 0.0526. The third-order valence-corrected chi connectivity index (χ3v) is 6.48. The Morgan fingerprint density at radius 1 is 1.12 bits per heavy atom. The lowest BCUT2D eigenvalue weighted by Crippen LogP contribution is -2.36. The number of anilines is 1. The number of pyridine rings is 1. The lowest BCUT2D eigenvalue weighted by atomic mass is 9.87.